The molecule has 2 aromatic rings. The van der Waals surface area contributed by atoms with Crippen molar-refractivity contribution < 1.29 is 9.53 Å². The second kappa shape index (κ2) is 9.22. The minimum absolute atomic E-state index is 0. The summed E-state index contributed by atoms with van der Waals surface area (Å²) >= 11 is 3.41. The van der Waals surface area contributed by atoms with Gasteiger partial charge in [-0.05, 0) is 18.2 Å². The molecular formula is C17H22BrClN4O2. The van der Waals surface area contributed by atoms with Crippen molar-refractivity contribution >= 4 is 34.2 Å². The van der Waals surface area contributed by atoms with Gasteiger partial charge < -0.3 is 19.5 Å². The number of hydrogen-bond acceptors (Lipinski definition) is 4. The van der Waals surface area contributed by atoms with Gasteiger partial charge in [0.05, 0.1) is 13.0 Å². The highest BCUT2D eigenvalue weighted by Crippen LogP contribution is 2.22. The Balaban J connectivity index is 0.00000225. The van der Waals surface area contributed by atoms with Crippen LogP contribution in [0.1, 0.15) is 18.3 Å². The predicted molar refractivity (Wildman–Crippen MR) is 102 cm³/mol. The molecule has 1 N–H and O–H groups in total. The summed E-state index contributed by atoms with van der Waals surface area (Å²) in [5.74, 6) is 1.76. The second-order valence-electron chi connectivity index (χ2n) is 5.76. The lowest BCUT2D eigenvalue weighted by Gasteiger charge is -2.35. The van der Waals surface area contributed by atoms with E-state index in [9.17, 15) is 4.79 Å². The first-order valence-electron chi connectivity index (χ1n) is 8.01. The van der Waals surface area contributed by atoms with E-state index in [0.717, 1.165) is 29.1 Å². The van der Waals surface area contributed by atoms with E-state index < -0.39 is 0 Å². The Labute approximate surface area is 162 Å². The molecule has 3 rings (SSSR count). The van der Waals surface area contributed by atoms with Crippen LogP contribution < -0.4 is 10.1 Å². The van der Waals surface area contributed by atoms with Gasteiger partial charge in [0.25, 0.3) is 0 Å². The van der Waals surface area contributed by atoms with Crippen LogP contribution in [0.25, 0.3) is 0 Å². The van der Waals surface area contributed by atoms with Crippen molar-refractivity contribution in [3.63, 3.8) is 0 Å². The fraction of sp³-hybridized carbons (Fsp3) is 0.412. The van der Waals surface area contributed by atoms with Gasteiger partial charge in [0, 0.05) is 43.5 Å². The van der Waals surface area contributed by atoms with Gasteiger partial charge in [-0.1, -0.05) is 22.0 Å². The summed E-state index contributed by atoms with van der Waals surface area (Å²) < 4.78 is 8.61. The number of rotatable bonds is 5. The Hall–Kier alpha value is -1.57. The van der Waals surface area contributed by atoms with Crippen molar-refractivity contribution in [2.75, 3.05) is 26.2 Å². The van der Waals surface area contributed by atoms with Crippen LogP contribution in [0.2, 0.25) is 0 Å². The molecule has 1 unspecified atom stereocenters. The first-order valence-corrected chi connectivity index (χ1v) is 8.80. The number of ether oxygens (including phenoxy) is 1. The third-order valence-corrected chi connectivity index (χ3v) is 4.59. The van der Waals surface area contributed by atoms with Crippen LogP contribution in [0.4, 0.5) is 0 Å². The van der Waals surface area contributed by atoms with Gasteiger partial charge in [-0.15, -0.1) is 12.4 Å². The molecule has 1 aromatic heterocycles. The fourth-order valence-corrected chi connectivity index (χ4v) is 3.27. The van der Waals surface area contributed by atoms with Crippen molar-refractivity contribution in [3.05, 3.63) is 47.0 Å². The van der Waals surface area contributed by atoms with Crippen molar-refractivity contribution in [1.29, 1.82) is 0 Å². The number of nitrogens with zero attached hydrogens (tertiary/aromatic N) is 3. The topological polar surface area (TPSA) is 59.4 Å². The number of benzene rings is 1. The summed E-state index contributed by atoms with van der Waals surface area (Å²) in [4.78, 5) is 19.0. The minimum Gasteiger partial charge on any atom is -0.493 e. The zero-order valence-electron chi connectivity index (χ0n) is 14.0. The number of carbonyl (C=O) groups is 1. The van der Waals surface area contributed by atoms with Gasteiger partial charge in [0.15, 0.2) is 0 Å². The number of halogens is 2. The van der Waals surface area contributed by atoms with Gasteiger partial charge in [-0.2, -0.15) is 0 Å². The first-order chi connectivity index (χ1) is 11.6. The second-order valence-corrected chi connectivity index (χ2v) is 6.67. The van der Waals surface area contributed by atoms with Crippen LogP contribution in [0, 0.1) is 0 Å². The van der Waals surface area contributed by atoms with Crippen LogP contribution in [-0.2, 0) is 11.8 Å². The molecule has 2 heterocycles. The molecule has 0 saturated carbocycles. The lowest BCUT2D eigenvalue weighted by Crippen LogP contribution is -2.49. The van der Waals surface area contributed by atoms with E-state index >= 15 is 0 Å². The van der Waals surface area contributed by atoms with E-state index in [2.05, 4.69) is 26.2 Å². The van der Waals surface area contributed by atoms with Crippen LogP contribution in [-0.4, -0.2) is 46.6 Å². The molecule has 1 aliphatic rings. The summed E-state index contributed by atoms with van der Waals surface area (Å²) in [5.41, 5.74) is 0. The predicted octanol–water partition coefficient (Wildman–Crippen LogP) is 2.55. The van der Waals surface area contributed by atoms with E-state index in [0.29, 0.717) is 19.6 Å². The normalized spacial score (nSPS) is 17.0. The summed E-state index contributed by atoms with van der Waals surface area (Å²) in [6.45, 7) is 2.59. The maximum atomic E-state index is 12.6. The van der Waals surface area contributed by atoms with Gasteiger partial charge in [-0.25, -0.2) is 4.98 Å². The lowest BCUT2D eigenvalue weighted by molar-refractivity contribution is -0.135. The van der Waals surface area contributed by atoms with E-state index in [-0.39, 0.29) is 24.4 Å². The number of hydrogen-bond donors (Lipinski definition) is 1. The number of carbonyl (C=O) groups excluding carboxylic acids is 1. The van der Waals surface area contributed by atoms with Crippen molar-refractivity contribution in [2.24, 2.45) is 7.05 Å². The summed E-state index contributed by atoms with van der Waals surface area (Å²) in [6, 6.07) is 7.60. The molecule has 0 spiro atoms. The minimum atomic E-state index is -0.0304. The maximum absolute atomic E-state index is 12.6. The smallest absolute Gasteiger partial charge is 0.226 e. The highest BCUT2D eigenvalue weighted by molar-refractivity contribution is 9.10. The molecule has 1 atom stereocenters. The molecule has 1 aromatic carbocycles. The number of imidazole rings is 1. The van der Waals surface area contributed by atoms with E-state index in [1.807, 2.05) is 47.0 Å². The number of aryl methyl sites for hydroxylation is 1. The first kappa shape index (κ1) is 19.8. The third-order valence-electron chi connectivity index (χ3n) is 4.10. The molecule has 1 fully saturated rings. The molecule has 0 bridgehead atoms. The van der Waals surface area contributed by atoms with Gasteiger partial charge >= 0.3 is 0 Å². The van der Waals surface area contributed by atoms with Crippen molar-refractivity contribution in [3.8, 4) is 5.75 Å². The largest absolute Gasteiger partial charge is 0.493 e. The van der Waals surface area contributed by atoms with E-state index in [1.165, 1.54) is 0 Å². The van der Waals surface area contributed by atoms with Crippen LogP contribution in [0.15, 0.2) is 41.1 Å². The Bertz CT molecular complexity index is 709. The van der Waals surface area contributed by atoms with Gasteiger partial charge in [0.2, 0.25) is 5.91 Å². The van der Waals surface area contributed by atoms with E-state index in [4.69, 9.17) is 4.74 Å². The van der Waals surface area contributed by atoms with Crippen LogP contribution >= 0.6 is 28.3 Å². The number of nitrogens with one attached hydrogen (secondary N) is 1. The number of piperazine rings is 1. The average Bonchev–Trinajstić information content (AvgIpc) is 3.01. The quantitative estimate of drug-likeness (QED) is 0.793. The Morgan fingerprint density at radius 2 is 2.32 bits per heavy atom. The zero-order valence-corrected chi connectivity index (χ0v) is 16.4. The Morgan fingerprint density at radius 3 is 3.04 bits per heavy atom. The molecule has 0 radical (unpaired) electrons. The Kier molecular flexibility index (Phi) is 7.28. The molecule has 0 aliphatic carbocycles. The summed E-state index contributed by atoms with van der Waals surface area (Å²) in [6.07, 6.45) is 4.03. The highest BCUT2D eigenvalue weighted by atomic mass is 79.9. The molecule has 8 heteroatoms. The van der Waals surface area contributed by atoms with Crippen molar-refractivity contribution in [2.45, 2.75) is 12.5 Å². The maximum Gasteiger partial charge on any atom is 0.226 e. The molecule has 6 nitrogen and oxygen atoms in total. The molecule has 1 amide bonds. The molecule has 1 aliphatic heterocycles. The fourth-order valence-electron chi connectivity index (χ4n) is 2.89. The standard InChI is InChI=1S/C17H21BrN4O2.ClH/c1-21-8-7-20-17(21)15-12-19-6-9-22(15)16(23)5-10-24-14-4-2-3-13(18)11-14;/h2-4,7-8,11,15,19H,5-6,9-10,12H2,1H3;1H. The highest BCUT2D eigenvalue weighted by Gasteiger charge is 2.30. The molecule has 1 saturated heterocycles. The number of aromatic nitrogens is 2. The zero-order chi connectivity index (χ0) is 16.9. The summed E-state index contributed by atoms with van der Waals surface area (Å²) in [7, 11) is 1.95. The third kappa shape index (κ3) is 4.96. The van der Waals surface area contributed by atoms with Gasteiger partial charge in [-0.3, -0.25) is 4.79 Å². The molecule has 25 heavy (non-hydrogen) atoms. The lowest BCUT2D eigenvalue weighted by atomic mass is 10.1. The van der Waals surface area contributed by atoms with Gasteiger partial charge in [0.1, 0.15) is 17.6 Å². The summed E-state index contributed by atoms with van der Waals surface area (Å²) in [5, 5.41) is 3.34. The SMILES string of the molecule is Cl.Cn1ccnc1C1CNCCN1C(=O)CCOc1cccc(Br)c1. The average molecular weight is 430 g/mol. The number of amides is 1. The van der Waals surface area contributed by atoms with E-state index in [1.54, 1.807) is 6.20 Å². The monoisotopic (exact) mass is 428 g/mol. The van der Waals surface area contributed by atoms with Crippen LogP contribution in [0.3, 0.4) is 0 Å². The van der Waals surface area contributed by atoms with Crippen LogP contribution in [0.5, 0.6) is 5.75 Å². The molecule has 136 valence electrons. The van der Waals surface area contributed by atoms with Crippen molar-refractivity contribution in [1.82, 2.24) is 19.8 Å². The Morgan fingerprint density at radius 1 is 1.48 bits per heavy atom. The molecular weight excluding hydrogens is 408 g/mol.